The van der Waals surface area contributed by atoms with E-state index in [1.54, 1.807) is 36.8 Å². The van der Waals surface area contributed by atoms with Crippen molar-refractivity contribution >= 4 is 62.1 Å². The van der Waals surface area contributed by atoms with Crippen LogP contribution in [0.1, 0.15) is 55.3 Å². The quantitative estimate of drug-likeness (QED) is 0.149. The summed E-state index contributed by atoms with van der Waals surface area (Å²) in [5.74, 6) is -1.21. The molecule has 2 amide bonds. The number of amides is 2. The van der Waals surface area contributed by atoms with Gasteiger partial charge in [-0.2, -0.15) is 0 Å². The third-order valence-corrected chi connectivity index (χ3v) is 12.9. The highest BCUT2D eigenvalue weighted by molar-refractivity contribution is 9.10. The third kappa shape index (κ3) is 10.6. The molecule has 0 aliphatic carbocycles. The molecule has 17 heteroatoms. The normalized spacial score (nSPS) is 16.7. The van der Waals surface area contributed by atoms with Gasteiger partial charge >= 0.3 is 0 Å². The van der Waals surface area contributed by atoms with Gasteiger partial charge in [-0.25, -0.2) is 13.8 Å². The van der Waals surface area contributed by atoms with E-state index in [1.807, 2.05) is 66.8 Å². The van der Waals surface area contributed by atoms with Crippen LogP contribution < -0.4 is 19.6 Å². The van der Waals surface area contributed by atoms with Crippen LogP contribution in [0.4, 0.5) is 31.5 Å². The van der Waals surface area contributed by atoms with Gasteiger partial charge in [0, 0.05) is 124 Å². The number of imidazole rings is 1. The maximum absolute atomic E-state index is 14.7. The van der Waals surface area contributed by atoms with Crippen LogP contribution in [-0.2, 0) is 9.47 Å². The van der Waals surface area contributed by atoms with Gasteiger partial charge in [-0.1, -0.05) is 15.9 Å². The van der Waals surface area contributed by atoms with Gasteiger partial charge in [0.05, 0.1) is 55.3 Å². The smallest absolute Gasteiger partial charge is 0.256 e. The average molecular weight is 968 g/mol. The lowest BCUT2D eigenvalue weighted by Gasteiger charge is -2.37. The predicted molar refractivity (Wildman–Crippen MR) is 253 cm³/mol. The maximum atomic E-state index is 14.7. The number of carbonyl (C=O) groups is 4. The summed E-state index contributed by atoms with van der Waals surface area (Å²) in [6.07, 6.45) is 5.27. The third-order valence-electron chi connectivity index (χ3n) is 12.4. The lowest BCUT2D eigenvalue weighted by Crippen LogP contribution is -2.49. The molecule has 0 unspecified atom stereocenters. The van der Waals surface area contributed by atoms with Crippen molar-refractivity contribution in [1.82, 2.24) is 19.4 Å². The number of anilines is 4. The number of Topliss-reactive ketones (excluding diaryl/α,β-unsaturated/α-hetero) is 2. The standard InChI is InChI=1S/C26H28FN5O3.C23H25BrFN3O3/c1-19(33)20-2-4-25(23(27)16-20)29-8-10-31(11-9-29)26(34)22-17-21(32-7-6-28-18-32)3-5-24(22)30-12-14-35-15-13-30;1-16(29)17-2-4-22(20(25)14-17)26-6-8-28(9-7-26)23(30)19-15-18(24)3-5-21(19)27-10-12-31-13-11-27/h2-7,16-18H,8-15H2,1H3;2-5,14-15H,6-13H2,1H3. The molecule has 0 radical (unpaired) electrons. The molecule has 0 N–H and O–H groups in total. The van der Waals surface area contributed by atoms with Crippen LogP contribution in [0.2, 0.25) is 0 Å². The monoisotopic (exact) mass is 966 g/mol. The SMILES string of the molecule is CC(=O)c1ccc(N2CCN(C(=O)c3cc(-n4ccnc4)ccc3N3CCOCC3)CC2)c(F)c1.CC(=O)c1ccc(N2CCN(C(=O)c3cc(Br)ccc3N3CCOCC3)CC2)c(F)c1. The van der Waals surface area contributed by atoms with Crippen molar-refractivity contribution in [2.75, 3.05) is 125 Å². The minimum atomic E-state index is -0.417. The summed E-state index contributed by atoms with van der Waals surface area (Å²) >= 11 is 3.49. The molecule has 66 heavy (non-hydrogen) atoms. The van der Waals surface area contributed by atoms with E-state index in [1.165, 1.54) is 26.0 Å². The van der Waals surface area contributed by atoms with Crippen molar-refractivity contribution in [2.45, 2.75) is 13.8 Å². The molecule has 4 fully saturated rings. The first-order valence-electron chi connectivity index (χ1n) is 22.2. The Morgan fingerprint density at radius 1 is 0.530 bits per heavy atom. The second-order valence-electron chi connectivity index (χ2n) is 16.5. The summed E-state index contributed by atoms with van der Waals surface area (Å²) in [4.78, 5) is 66.1. The van der Waals surface area contributed by atoms with Crippen LogP contribution >= 0.6 is 15.9 Å². The van der Waals surface area contributed by atoms with Crippen molar-refractivity contribution in [1.29, 1.82) is 0 Å². The summed E-state index contributed by atoms with van der Waals surface area (Å²) in [7, 11) is 0. The molecule has 9 rings (SSSR count). The number of piperazine rings is 2. The number of benzene rings is 4. The molecule has 1 aromatic heterocycles. The lowest BCUT2D eigenvalue weighted by molar-refractivity contribution is 0.0738. The second kappa shape index (κ2) is 21.0. The minimum Gasteiger partial charge on any atom is -0.378 e. The van der Waals surface area contributed by atoms with Crippen LogP contribution in [0.5, 0.6) is 0 Å². The predicted octanol–water partition coefficient (Wildman–Crippen LogP) is 6.60. The summed E-state index contributed by atoms with van der Waals surface area (Å²) in [5.41, 5.74) is 5.64. The highest BCUT2D eigenvalue weighted by atomic mass is 79.9. The Morgan fingerprint density at radius 3 is 1.38 bits per heavy atom. The average Bonchev–Trinajstić information content (AvgIpc) is 3.90. The van der Waals surface area contributed by atoms with Crippen LogP contribution in [-0.4, -0.2) is 148 Å². The van der Waals surface area contributed by atoms with Crippen LogP contribution in [0.25, 0.3) is 5.69 Å². The number of aromatic nitrogens is 2. The number of ketones is 2. The highest BCUT2D eigenvalue weighted by Crippen LogP contribution is 2.30. The van der Waals surface area contributed by atoms with E-state index in [0.717, 1.165) is 47.7 Å². The van der Waals surface area contributed by atoms with Gasteiger partial charge in [0.2, 0.25) is 0 Å². The topological polar surface area (TPSA) is 124 Å². The first-order chi connectivity index (χ1) is 31.9. The zero-order valence-electron chi connectivity index (χ0n) is 37.1. The van der Waals surface area contributed by atoms with Gasteiger partial charge in [-0.15, -0.1) is 0 Å². The number of hydrogen-bond donors (Lipinski definition) is 0. The van der Waals surface area contributed by atoms with Crippen molar-refractivity contribution in [3.8, 4) is 5.69 Å². The second-order valence-corrected chi connectivity index (χ2v) is 17.5. The molecule has 0 saturated carbocycles. The van der Waals surface area contributed by atoms with Gasteiger partial charge in [0.25, 0.3) is 11.8 Å². The molecule has 0 bridgehead atoms. The van der Waals surface area contributed by atoms with E-state index in [9.17, 15) is 28.0 Å². The van der Waals surface area contributed by atoms with Gasteiger partial charge in [0.1, 0.15) is 11.6 Å². The summed E-state index contributed by atoms with van der Waals surface area (Å²) in [6.45, 7) is 12.4. The van der Waals surface area contributed by atoms with E-state index >= 15 is 0 Å². The first-order valence-corrected chi connectivity index (χ1v) is 23.0. The molecule has 4 saturated heterocycles. The van der Waals surface area contributed by atoms with Crippen LogP contribution in [0.15, 0.2) is 96.0 Å². The Hall–Kier alpha value is -6.17. The fraction of sp³-hybridized carbons (Fsp3) is 0.367. The fourth-order valence-electron chi connectivity index (χ4n) is 8.71. The first kappa shape index (κ1) is 46.4. The molecule has 0 atom stereocenters. The Kier molecular flexibility index (Phi) is 14.7. The van der Waals surface area contributed by atoms with Crippen molar-refractivity contribution in [3.05, 3.63) is 130 Å². The highest BCUT2D eigenvalue weighted by Gasteiger charge is 2.29. The summed E-state index contributed by atoms with van der Waals surface area (Å²) < 4.78 is 42.9. The molecule has 5 heterocycles. The van der Waals surface area contributed by atoms with E-state index in [4.69, 9.17) is 9.47 Å². The molecule has 4 aliphatic rings. The molecular formula is C49H53BrF2N8O6. The summed E-state index contributed by atoms with van der Waals surface area (Å²) in [5, 5.41) is 0. The number of ether oxygens (including phenoxy) is 2. The molecule has 346 valence electrons. The van der Waals surface area contributed by atoms with E-state index < -0.39 is 11.6 Å². The van der Waals surface area contributed by atoms with Crippen molar-refractivity contribution < 1.29 is 37.4 Å². The number of halogens is 3. The number of hydrogen-bond acceptors (Lipinski definition) is 11. The Labute approximate surface area is 391 Å². The fourth-order valence-corrected chi connectivity index (χ4v) is 9.07. The Morgan fingerprint density at radius 2 is 0.955 bits per heavy atom. The van der Waals surface area contributed by atoms with Crippen LogP contribution in [0.3, 0.4) is 0 Å². The lowest BCUT2D eigenvalue weighted by atomic mass is 10.1. The van der Waals surface area contributed by atoms with E-state index in [-0.39, 0.29) is 23.4 Å². The molecular weight excluding hydrogens is 914 g/mol. The van der Waals surface area contributed by atoms with Crippen molar-refractivity contribution in [2.24, 2.45) is 0 Å². The molecule has 4 aromatic carbocycles. The minimum absolute atomic E-state index is 0.0187. The van der Waals surface area contributed by atoms with Crippen LogP contribution in [0, 0.1) is 11.6 Å². The van der Waals surface area contributed by atoms with Gasteiger partial charge in [-0.05, 0) is 86.6 Å². The van der Waals surface area contributed by atoms with Gasteiger partial charge in [-0.3, -0.25) is 19.2 Å². The van der Waals surface area contributed by atoms with E-state index in [0.29, 0.717) is 112 Å². The van der Waals surface area contributed by atoms with Gasteiger partial charge in [0.15, 0.2) is 11.6 Å². The zero-order valence-corrected chi connectivity index (χ0v) is 38.7. The van der Waals surface area contributed by atoms with Crippen molar-refractivity contribution in [3.63, 3.8) is 0 Å². The zero-order chi connectivity index (χ0) is 46.3. The Bertz CT molecular complexity index is 2550. The van der Waals surface area contributed by atoms with E-state index in [2.05, 4.69) is 30.7 Å². The Balaban J connectivity index is 0.000000181. The molecule has 0 spiro atoms. The number of morpholine rings is 2. The maximum Gasteiger partial charge on any atom is 0.256 e. The largest absolute Gasteiger partial charge is 0.378 e. The number of carbonyl (C=O) groups excluding carboxylic acids is 4. The summed E-state index contributed by atoms with van der Waals surface area (Å²) in [6, 6.07) is 20.9. The number of rotatable bonds is 9. The molecule has 4 aliphatic heterocycles. The van der Waals surface area contributed by atoms with Gasteiger partial charge < -0.3 is 43.4 Å². The molecule has 5 aromatic rings. The molecule has 14 nitrogen and oxygen atoms in total. The number of nitrogens with zero attached hydrogens (tertiary/aromatic N) is 8.